The summed E-state index contributed by atoms with van der Waals surface area (Å²) in [7, 11) is 0. The molecular weight excluding hydrogens is 248 g/mol. The van der Waals surface area contributed by atoms with E-state index in [1.54, 1.807) is 0 Å². The summed E-state index contributed by atoms with van der Waals surface area (Å²) in [5.41, 5.74) is 0.480. The predicted molar refractivity (Wildman–Crippen MR) is 97.4 cm³/mol. The lowest BCUT2D eigenvalue weighted by Gasteiger charge is -2.28. The molecule has 0 heterocycles. The molecule has 0 aromatic carbocycles. The average molecular weight is 289 g/mol. The highest BCUT2D eigenvalue weighted by Gasteiger charge is 2.20. The topological polar surface area (TPSA) is 0 Å². The Balaban J connectivity index is -0.000000249. The van der Waals surface area contributed by atoms with Crippen LogP contribution in [0.2, 0.25) is 0 Å². The zero-order valence-corrected chi connectivity index (χ0v) is 15.8. The fraction of sp³-hybridized carbons (Fsp3) is 0.889. The Kier molecular flexibility index (Phi) is 20.5. The van der Waals surface area contributed by atoms with Gasteiger partial charge >= 0.3 is 0 Å². The highest BCUT2D eigenvalue weighted by atomic mass is 32.1. The summed E-state index contributed by atoms with van der Waals surface area (Å²) in [6.07, 6.45) is 8.14. The first kappa shape index (κ1) is 24.1. The molecule has 1 unspecified atom stereocenters. The van der Waals surface area contributed by atoms with Crippen molar-refractivity contribution in [3.8, 4) is 0 Å². The van der Waals surface area contributed by atoms with E-state index in [0.717, 1.165) is 12.3 Å². The summed E-state index contributed by atoms with van der Waals surface area (Å²) in [6, 6.07) is 0. The molecule has 0 radical (unpaired) electrons. The van der Waals surface area contributed by atoms with E-state index in [0.29, 0.717) is 10.7 Å². The lowest BCUT2D eigenvalue weighted by molar-refractivity contribution is 0.231. The molecule has 0 fully saturated rings. The van der Waals surface area contributed by atoms with E-state index >= 15 is 0 Å². The normalized spacial score (nSPS) is 11.9. The van der Waals surface area contributed by atoms with Gasteiger partial charge in [-0.3, -0.25) is 0 Å². The molecule has 0 aliphatic carbocycles. The number of thiol groups is 1. The Morgan fingerprint density at radius 1 is 1.16 bits per heavy atom. The summed E-state index contributed by atoms with van der Waals surface area (Å²) in [4.78, 5) is 0. The third-order valence-corrected chi connectivity index (χ3v) is 4.27. The molecule has 0 N–H and O–H groups in total. The zero-order chi connectivity index (χ0) is 15.9. The number of rotatable bonds is 7. The smallest absolute Gasteiger partial charge is 0.00140 e. The van der Waals surface area contributed by atoms with Crippen LogP contribution in [0, 0.1) is 11.3 Å². The lowest BCUT2D eigenvalue weighted by Crippen LogP contribution is -2.18. The molecule has 1 atom stereocenters. The minimum absolute atomic E-state index is 0.480. The van der Waals surface area contributed by atoms with Crippen molar-refractivity contribution in [1.29, 1.82) is 0 Å². The fourth-order valence-corrected chi connectivity index (χ4v) is 1.56. The van der Waals surface area contributed by atoms with Crippen LogP contribution in [0.1, 0.15) is 87.5 Å². The van der Waals surface area contributed by atoms with E-state index in [2.05, 4.69) is 60.8 Å². The van der Waals surface area contributed by atoms with Gasteiger partial charge in [-0.2, -0.15) is 12.6 Å². The van der Waals surface area contributed by atoms with Crippen molar-refractivity contribution in [1.82, 2.24) is 0 Å². The van der Waals surface area contributed by atoms with Crippen LogP contribution in [0.5, 0.6) is 0 Å². The second-order valence-corrected chi connectivity index (χ2v) is 6.55. The van der Waals surface area contributed by atoms with Gasteiger partial charge in [0.25, 0.3) is 0 Å². The van der Waals surface area contributed by atoms with Crippen LogP contribution in [-0.2, 0) is 0 Å². The van der Waals surface area contributed by atoms with E-state index in [9.17, 15) is 0 Å². The molecule has 118 valence electrons. The van der Waals surface area contributed by atoms with Gasteiger partial charge in [0.15, 0.2) is 0 Å². The molecule has 0 amide bonds. The van der Waals surface area contributed by atoms with E-state index in [-0.39, 0.29) is 0 Å². The molecule has 0 rings (SSSR count). The molecule has 0 aromatic rings. The van der Waals surface area contributed by atoms with Crippen LogP contribution in [0.3, 0.4) is 0 Å². The first-order valence-electron chi connectivity index (χ1n) is 8.10. The maximum absolute atomic E-state index is 4.31. The van der Waals surface area contributed by atoms with Gasteiger partial charge in [0.1, 0.15) is 0 Å². The molecule has 0 bridgehead atoms. The first-order valence-corrected chi connectivity index (χ1v) is 8.62. The van der Waals surface area contributed by atoms with Gasteiger partial charge in [-0.25, -0.2) is 0 Å². The molecule has 0 nitrogen and oxygen atoms in total. The maximum Gasteiger partial charge on any atom is 0.00140 e. The fourth-order valence-electron chi connectivity index (χ4n) is 1.30. The average Bonchev–Trinajstić information content (AvgIpc) is 2.39. The lowest BCUT2D eigenvalue weighted by atomic mass is 9.77. The monoisotopic (exact) mass is 288 g/mol. The number of allylic oxidation sites excluding steroid dienone is 1. The number of hydrogen-bond donors (Lipinski definition) is 1. The predicted octanol–water partition coefficient (Wildman–Crippen LogP) is 7.16. The third-order valence-electron chi connectivity index (χ3n) is 3.65. The van der Waals surface area contributed by atoms with E-state index < -0.39 is 0 Å². The molecule has 0 aliphatic heterocycles. The minimum atomic E-state index is 0.480. The Bertz CT molecular complexity index is 171. The summed E-state index contributed by atoms with van der Waals surface area (Å²) in [6.45, 7) is 21.3. The van der Waals surface area contributed by atoms with Gasteiger partial charge in [-0.1, -0.05) is 67.9 Å². The van der Waals surface area contributed by atoms with Gasteiger partial charge in [0.05, 0.1) is 0 Å². The van der Waals surface area contributed by atoms with Crippen molar-refractivity contribution in [2.24, 2.45) is 11.3 Å². The van der Waals surface area contributed by atoms with Crippen molar-refractivity contribution < 1.29 is 0 Å². The van der Waals surface area contributed by atoms with Crippen LogP contribution in [0.25, 0.3) is 0 Å². The van der Waals surface area contributed by atoms with Crippen molar-refractivity contribution >= 4 is 12.6 Å². The quantitative estimate of drug-likeness (QED) is 0.373. The summed E-state index contributed by atoms with van der Waals surface area (Å²) in [5, 5.41) is 0.644. The Morgan fingerprint density at radius 2 is 1.63 bits per heavy atom. The van der Waals surface area contributed by atoms with Gasteiger partial charge in [-0.05, 0) is 37.0 Å². The Morgan fingerprint density at radius 3 is 1.84 bits per heavy atom. The van der Waals surface area contributed by atoms with Crippen LogP contribution in [-0.4, -0.2) is 5.25 Å². The molecule has 1 heteroatoms. The largest absolute Gasteiger partial charge is 0.176 e. The van der Waals surface area contributed by atoms with Crippen LogP contribution in [0.4, 0.5) is 0 Å². The Labute approximate surface area is 129 Å². The summed E-state index contributed by atoms with van der Waals surface area (Å²) >= 11 is 4.31. The minimum Gasteiger partial charge on any atom is -0.176 e. The summed E-state index contributed by atoms with van der Waals surface area (Å²) in [5.74, 6) is 0.771. The van der Waals surface area contributed by atoms with Crippen LogP contribution >= 0.6 is 12.6 Å². The first-order chi connectivity index (χ1) is 8.81. The van der Waals surface area contributed by atoms with E-state index in [4.69, 9.17) is 0 Å². The highest BCUT2D eigenvalue weighted by Crippen LogP contribution is 2.31. The molecule has 0 saturated heterocycles. The third kappa shape index (κ3) is 18.1. The SMILES string of the molecule is C=CCCC(C)(C)C(C)C.CC.CCCC(S)CC. The second-order valence-electron chi connectivity index (χ2n) is 5.82. The molecule has 0 spiro atoms. The van der Waals surface area contributed by atoms with Crippen molar-refractivity contribution in [2.75, 3.05) is 0 Å². The second kappa shape index (κ2) is 16.1. The molecule has 0 aromatic heterocycles. The van der Waals surface area contributed by atoms with E-state index in [1.165, 1.54) is 25.7 Å². The van der Waals surface area contributed by atoms with Gasteiger partial charge in [0.2, 0.25) is 0 Å². The summed E-state index contributed by atoms with van der Waals surface area (Å²) < 4.78 is 0. The van der Waals surface area contributed by atoms with E-state index in [1.807, 2.05) is 19.9 Å². The zero-order valence-electron chi connectivity index (χ0n) is 14.9. The van der Waals surface area contributed by atoms with Crippen LogP contribution < -0.4 is 0 Å². The van der Waals surface area contributed by atoms with Gasteiger partial charge in [-0.15, -0.1) is 6.58 Å². The van der Waals surface area contributed by atoms with Gasteiger partial charge in [0, 0.05) is 5.25 Å². The number of hydrogen-bond acceptors (Lipinski definition) is 1. The van der Waals surface area contributed by atoms with Crippen molar-refractivity contribution in [3.05, 3.63) is 12.7 Å². The molecular formula is C18H40S. The standard InChI is InChI=1S/C10H20.C6H14S.C2H6/c1-6-7-8-10(4,5)9(2)3;1-3-5-6(7)4-2;1-2/h6,9H,1,7-8H2,2-5H3;6-7H,3-5H2,1-2H3;1-2H3. The molecule has 0 saturated carbocycles. The van der Waals surface area contributed by atoms with Crippen LogP contribution in [0.15, 0.2) is 12.7 Å². The molecule has 0 aliphatic rings. The van der Waals surface area contributed by atoms with Gasteiger partial charge < -0.3 is 0 Å². The maximum atomic E-state index is 4.31. The Hall–Kier alpha value is 0.0900. The molecule has 19 heavy (non-hydrogen) atoms. The highest BCUT2D eigenvalue weighted by molar-refractivity contribution is 7.80. The van der Waals surface area contributed by atoms with Crippen molar-refractivity contribution in [3.63, 3.8) is 0 Å². The van der Waals surface area contributed by atoms with Crippen molar-refractivity contribution in [2.45, 2.75) is 92.7 Å².